The second-order valence-electron chi connectivity index (χ2n) is 5.12. The predicted molar refractivity (Wildman–Crippen MR) is 80.4 cm³/mol. The molecule has 0 spiro atoms. The van der Waals surface area contributed by atoms with Crippen LogP contribution in [-0.2, 0) is 6.18 Å². The lowest BCUT2D eigenvalue weighted by atomic mass is 9.99. The first-order chi connectivity index (χ1) is 9.38. The van der Waals surface area contributed by atoms with Crippen LogP contribution in [0.3, 0.4) is 0 Å². The van der Waals surface area contributed by atoms with Crippen molar-refractivity contribution in [1.29, 1.82) is 0 Å². The number of halogens is 5. The third kappa shape index (κ3) is 4.90. The summed E-state index contributed by atoms with van der Waals surface area (Å²) in [6.07, 6.45) is -1.36. The zero-order valence-corrected chi connectivity index (χ0v) is 13.2. The second-order valence-corrected chi connectivity index (χ2v) is 5.53. The van der Waals surface area contributed by atoms with Crippen molar-refractivity contribution in [3.63, 3.8) is 0 Å². The van der Waals surface area contributed by atoms with Gasteiger partial charge in [0, 0.05) is 19.8 Å². The monoisotopic (exact) mass is 343 g/mol. The lowest BCUT2D eigenvalue weighted by Crippen LogP contribution is -2.37. The third-order valence-electron chi connectivity index (χ3n) is 3.44. The van der Waals surface area contributed by atoms with Gasteiger partial charge in [-0.1, -0.05) is 11.6 Å². The van der Waals surface area contributed by atoms with Crippen LogP contribution in [0.1, 0.15) is 18.4 Å². The van der Waals surface area contributed by atoms with Crippen molar-refractivity contribution in [1.82, 2.24) is 10.3 Å². The van der Waals surface area contributed by atoms with E-state index in [1.165, 1.54) is 0 Å². The van der Waals surface area contributed by atoms with Gasteiger partial charge >= 0.3 is 6.18 Å². The summed E-state index contributed by atoms with van der Waals surface area (Å²) in [7, 11) is 1.80. The van der Waals surface area contributed by atoms with Crippen molar-refractivity contribution in [2.45, 2.75) is 19.0 Å². The molecule has 0 radical (unpaired) electrons. The molecular formula is C13H18Cl2F3N3. The topological polar surface area (TPSA) is 28.2 Å². The van der Waals surface area contributed by atoms with Crippen LogP contribution in [0.15, 0.2) is 12.3 Å². The Hall–Kier alpha value is -0.720. The maximum atomic E-state index is 12.6. The van der Waals surface area contributed by atoms with E-state index in [2.05, 4.69) is 10.3 Å². The molecule has 21 heavy (non-hydrogen) atoms. The summed E-state index contributed by atoms with van der Waals surface area (Å²) in [6.45, 7) is 2.67. The summed E-state index contributed by atoms with van der Waals surface area (Å²) in [5.74, 6) is 0.860. The van der Waals surface area contributed by atoms with Gasteiger partial charge in [0.1, 0.15) is 5.82 Å². The van der Waals surface area contributed by atoms with Crippen molar-refractivity contribution in [3.8, 4) is 0 Å². The molecule has 0 aromatic carbocycles. The lowest BCUT2D eigenvalue weighted by molar-refractivity contribution is -0.137. The molecule has 2 rings (SSSR count). The van der Waals surface area contributed by atoms with Crippen molar-refractivity contribution in [3.05, 3.63) is 22.8 Å². The first-order valence-electron chi connectivity index (χ1n) is 6.52. The normalized spacial score (nSPS) is 19.0. The summed E-state index contributed by atoms with van der Waals surface area (Å²) in [6, 6.07) is 0.930. The number of rotatable bonds is 3. The van der Waals surface area contributed by atoms with Crippen LogP contribution in [0.4, 0.5) is 19.0 Å². The van der Waals surface area contributed by atoms with Crippen LogP contribution in [0, 0.1) is 5.92 Å². The fraction of sp³-hybridized carbons (Fsp3) is 0.615. The van der Waals surface area contributed by atoms with Gasteiger partial charge in [-0.25, -0.2) is 4.98 Å². The van der Waals surface area contributed by atoms with Crippen LogP contribution in [0.25, 0.3) is 0 Å². The van der Waals surface area contributed by atoms with Crippen molar-refractivity contribution < 1.29 is 13.2 Å². The molecule has 1 aromatic rings. The van der Waals surface area contributed by atoms with Crippen molar-refractivity contribution >= 4 is 29.8 Å². The van der Waals surface area contributed by atoms with Crippen LogP contribution in [0.5, 0.6) is 0 Å². The Labute approximate surface area is 133 Å². The molecule has 1 fully saturated rings. The van der Waals surface area contributed by atoms with Crippen LogP contribution in [-0.4, -0.2) is 31.7 Å². The molecule has 1 unspecified atom stereocenters. The number of piperidine rings is 1. The zero-order chi connectivity index (χ0) is 14.8. The molecular weight excluding hydrogens is 326 g/mol. The van der Waals surface area contributed by atoms with E-state index in [0.29, 0.717) is 11.7 Å². The smallest absolute Gasteiger partial charge is 0.358 e. The molecule has 3 nitrogen and oxygen atoms in total. The predicted octanol–water partition coefficient (Wildman–Crippen LogP) is 3.61. The van der Waals surface area contributed by atoms with E-state index in [-0.39, 0.29) is 17.4 Å². The third-order valence-corrected chi connectivity index (χ3v) is 3.72. The highest BCUT2D eigenvalue weighted by Crippen LogP contribution is 2.33. The van der Waals surface area contributed by atoms with E-state index in [1.807, 2.05) is 4.90 Å². The van der Waals surface area contributed by atoms with E-state index >= 15 is 0 Å². The number of hydrogen-bond acceptors (Lipinski definition) is 3. The maximum Gasteiger partial charge on any atom is 0.417 e. The number of hydrogen-bond donors (Lipinski definition) is 1. The first-order valence-corrected chi connectivity index (χ1v) is 6.90. The minimum atomic E-state index is -4.42. The molecule has 0 amide bonds. The van der Waals surface area contributed by atoms with Crippen molar-refractivity contribution in [2.24, 2.45) is 5.92 Å². The highest BCUT2D eigenvalue weighted by molar-refractivity contribution is 6.33. The van der Waals surface area contributed by atoms with Gasteiger partial charge in [0.15, 0.2) is 0 Å². The van der Waals surface area contributed by atoms with E-state index < -0.39 is 11.7 Å². The quantitative estimate of drug-likeness (QED) is 0.908. The number of nitrogens with zero attached hydrogens (tertiary/aromatic N) is 2. The average molecular weight is 344 g/mol. The van der Waals surface area contributed by atoms with E-state index in [4.69, 9.17) is 11.6 Å². The Morgan fingerprint density at radius 3 is 2.71 bits per heavy atom. The number of alkyl halides is 3. The lowest BCUT2D eigenvalue weighted by Gasteiger charge is -2.28. The molecule has 0 aliphatic carbocycles. The van der Waals surface area contributed by atoms with Crippen molar-refractivity contribution in [2.75, 3.05) is 31.6 Å². The summed E-state index contributed by atoms with van der Waals surface area (Å²) in [5.41, 5.74) is -0.820. The molecule has 1 aromatic heterocycles. The first kappa shape index (κ1) is 18.3. The van der Waals surface area contributed by atoms with Gasteiger partial charge in [-0.3, -0.25) is 0 Å². The largest absolute Gasteiger partial charge is 0.417 e. The number of aromatic nitrogens is 1. The van der Waals surface area contributed by atoms with Crippen LogP contribution in [0.2, 0.25) is 5.02 Å². The Morgan fingerprint density at radius 2 is 2.19 bits per heavy atom. The SMILES string of the molecule is CN(CC1CCCNC1)c1ncc(C(F)(F)F)cc1Cl.Cl. The van der Waals surface area contributed by atoms with Gasteiger partial charge in [-0.2, -0.15) is 13.2 Å². The van der Waals surface area contributed by atoms with Gasteiger partial charge in [0.05, 0.1) is 10.6 Å². The van der Waals surface area contributed by atoms with E-state index in [1.54, 1.807) is 7.05 Å². The van der Waals surface area contributed by atoms with E-state index in [0.717, 1.165) is 44.7 Å². The standard InChI is InChI=1S/C13H17ClF3N3.ClH/c1-20(8-9-3-2-4-18-6-9)12-11(14)5-10(7-19-12)13(15,16)17;/h5,7,9,18H,2-4,6,8H2,1H3;1H. The average Bonchev–Trinajstić information content (AvgIpc) is 2.38. The molecule has 2 heterocycles. The Kier molecular flexibility index (Phi) is 6.56. The Balaban J connectivity index is 0.00000220. The van der Waals surface area contributed by atoms with Gasteiger partial charge < -0.3 is 10.2 Å². The van der Waals surface area contributed by atoms with Crippen LogP contribution < -0.4 is 10.2 Å². The molecule has 1 saturated heterocycles. The van der Waals surface area contributed by atoms with Gasteiger partial charge in [-0.15, -0.1) is 12.4 Å². The maximum absolute atomic E-state index is 12.6. The summed E-state index contributed by atoms with van der Waals surface area (Å²) < 4.78 is 37.7. The zero-order valence-electron chi connectivity index (χ0n) is 11.6. The highest BCUT2D eigenvalue weighted by Gasteiger charge is 2.32. The second kappa shape index (κ2) is 7.51. The van der Waals surface area contributed by atoms with Gasteiger partial charge in [0.25, 0.3) is 0 Å². The molecule has 120 valence electrons. The number of anilines is 1. The summed E-state index contributed by atoms with van der Waals surface area (Å²) >= 11 is 5.93. The molecule has 1 aliphatic heterocycles. The van der Waals surface area contributed by atoms with Gasteiger partial charge in [0.2, 0.25) is 0 Å². The number of pyridine rings is 1. The molecule has 1 atom stereocenters. The number of nitrogens with one attached hydrogen (secondary N) is 1. The fourth-order valence-corrected chi connectivity index (χ4v) is 2.73. The molecule has 0 saturated carbocycles. The van der Waals surface area contributed by atoms with Crippen LogP contribution >= 0.6 is 24.0 Å². The molecule has 1 N–H and O–H groups in total. The Bertz CT molecular complexity index is 462. The minimum Gasteiger partial charge on any atom is -0.358 e. The summed E-state index contributed by atoms with van der Waals surface area (Å²) in [5, 5.41) is 3.34. The molecule has 1 aliphatic rings. The molecule has 8 heteroatoms. The fourth-order valence-electron chi connectivity index (χ4n) is 2.42. The van der Waals surface area contributed by atoms with E-state index in [9.17, 15) is 13.2 Å². The Morgan fingerprint density at radius 1 is 1.48 bits per heavy atom. The minimum absolute atomic E-state index is 0. The van der Waals surface area contributed by atoms with Gasteiger partial charge in [-0.05, 0) is 37.9 Å². The molecule has 0 bridgehead atoms. The highest BCUT2D eigenvalue weighted by atomic mass is 35.5. The summed E-state index contributed by atoms with van der Waals surface area (Å²) in [4.78, 5) is 5.68.